The van der Waals surface area contributed by atoms with Crippen molar-refractivity contribution in [2.24, 2.45) is 0 Å². The van der Waals surface area contributed by atoms with Crippen LogP contribution in [-0.4, -0.2) is 19.1 Å². The first-order chi connectivity index (χ1) is 9.25. The number of nitrogens with one attached hydrogen (secondary N) is 1. The number of carbonyl (C=O) groups excluding carboxylic acids is 1. The van der Waals surface area contributed by atoms with Crippen LogP contribution in [0.4, 0.5) is 18.9 Å². The number of halogens is 4. The van der Waals surface area contributed by atoms with E-state index < -0.39 is 17.7 Å². The highest BCUT2D eigenvalue weighted by Crippen LogP contribution is 2.36. The van der Waals surface area contributed by atoms with Gasteiger partial charge in [-0.25, -0.2) is 4.79 Å². The van der Waals surface area contributed by atoms with Crippen LogP contribution in [-0.2, 0) is 15.7 Å². The summed E-state index contributed by atoms with van der Waals surface area (Å²) < 4.78 is 43.6. The van der Waals surface area contributed by atoms with Crippen molar-refractivity contribution in [2.45, 2.75) is 13.1 Å². The predicted octanol–water partition coefficient (Wildman–Crippen LogP) is 4.00. The van der Waals surface area contributed by atoms with Crippen molar-refractivity contribution in [2.75, 3.05) is 18.5 Å². The number of anilines is 1. The van der Waals surface area contributed by atoms with Gasteiger partial charge in [-0.3, -0.25) is 0 Å². The van der Waals surface area contributed by atoms with Gasteiger partial charge in [0, 0.05) is 22.3 Å². The highest BCUT2D eigenvalue weighted by atomic mass is 79.9. The number of benzene rings is 1. The second kappa shape index (κ2) is 6.78. The molecule has 0 aliphatic heterocycles. The molecule has 3 nitrogen and oxygen atoms in total. The van der Waals surface area contributed by atoms with Crippen LogP contribution in [0.1, 0.15) is 12.5 Å². The van der Waals surface area contributed by atoms with Gasteiger partial charge in [0.1, 0.15) is 0 Å². The van der Waals surface area contributed by atoms with Crippen LogP contribution >= 0.6 is 15.9 Å². The molecule has 0 aromatic heterocycles. The first-order valence-corrected chi connectivity index (χ1v) is 6.50. The third-order valence-electron chi connectivity index (χ3n) is 2.34. The van der Waals surface area contributed by atoms with Crippen molar-refractivity contribution >= 4 is 27.6 Å². The molecule has 0 aliphatic carbocycles. The Morgan fingerprint density at radius 2 is 2.10 bits per heavy atom. The summed E-state index contributed by atoms with van der Waals surface area (Å²) in [7, 11) is 0. The van der Waals surface area contributed by atoms with Crippen LogP contribution in [0, 0.1) is 0 Å². The average molecular weight is 352 g/mol. The number of alkyl halides is 3. The van der Waals surface area contributed by atoms with Crippen LogP contribution in [0.25, 0.3) is 0 Å². The molecule has 1 aromatic rings. The Labute approximate surface area is 122 Å². The fraction of sp³-hybridized carbons (Fsp3) is 0.308. The highest BCUT2D eigenvalue weighted by molar-refractivity contribution is 9.10. The van der Waals surface area contributed by atoms with E-state index >= 15 is 0 Å². The zero-order valence-corrected chi connectivity index (χ0v) is 12.3. The first-order valence-electron chi connectivity index (χ1n) is 5.71. The predicted molar refractivity (Wildman–Crippen MR) is 73.4 cm³/mol. The maximum atomic E-state index is 12.9. The minimum absolute atomic E-state index is 0.0582. The molecule has 0 fully saturated rings. The van der Waals surface area contributed by atoms with Crippen molar-refractivity contribution in [1.29, 1.82) is 0 Å². The quantitative estimate of drug-likeness (QED) is 0.643. The van der Waals surface area contributed by atoms with Crippen molar-refractivity contribution in [3.63, 3.8) is 0 Å². The highest BCUT2D eigenvalue weighted by Gasteiger charge is 2.33. The van der Waals surface area contributed by atoms with Gasteiger partial charge in [0.05, 0.1) is 12.2 Å². The number of hydrogen-bond donors (Lipinski definition) is 1. The lowest BCUT2D eigenvalue weighted by molar-refractivity contribution is -0.138. The Morgan fingerprint density at radius 3 is 2.65 bits per heavy atom. The summed E-state index contributed by atoms with van der Waals surface area (Å²) in [4.78, 5) is 11.3. The molecule has 1 rings (SSSR count). The summed E-state index contributed by atoms with van der Waals surface area (Å²) in [5, 5.41) is 2.54. The zero-order chi connectivity index (χ0) is 15.3. The molecule has 1 N–H and O–H groups in total. The van der Waals surface area contributed by atoms with E-state index in [0.29, 0.717) is 4.47 Å². The van der Waals surface area contributed by atoms with Crippen LogP contribution in [0.3, 0.4) is 0 Å². The maximum Gasteiger partial charge on any atom is 0.418 e. The molecule has 0 atom stereocenters. The van der Waals surface area contributed by atoms with E-state index in [1.165, 1.54) is 12.1 Å². The van der Waals surface area contributed by atoms with Gasteiger partial charge in [0.25, 0.3) is 0 Å². The number of ether oxygens (including phenoxy) is 1. The fourth-order valence-corrected chi connectivity index (χ4v) is 1.77. The topological polar surface area (TPSA) is 38.3 Å². The summed E-state index contributed by atoms with van der Waals surface area (Å²) >= 11 is 2.99. The minimum Gasteiger partial charge on any atom is -0.463 e. The van der Waals surface area contributed by atoms with Gasteiger partial charge in [-0.05, 0) is 25.1 Å². The van der Waals surface area contributed by atoms with Gasteiger partial charge in [-0.2, -0.15) is 13.2 Å². The molecule has 20 heavy (non-hydrogen) atoms. The van der Waals surface area contributed by atoms with Crippen molar-refractivity contribution in [3.8, 4) is 0 Å². The molecular weight excluding hydrogens is 339 g/mol. The van der Waals surface area contributed by atoms with Crippen LogP contribution < -0.4 is 5.32 Å². The molecule has 0 aliphatic rings. The maximum absolute atomic E-state index is 12.9. The third-order valence-corrected chi connectivity index (χ3v) is 2.84. The van der Waals surface area contributed by atoms with Crippen molar-refractivity contribution in [3.05, 3.63) is 40.4 Å². The number of esters is 1. The second-order valence-electron chi connectivity index (χ2n) is 3.87. The van der Waals surface area contributed by atoms with Gasteiger partial charge in [0.15, 0.2) is 0 Å². The van der Waals surface area contributed by atoms with Crippen LogP contribution in [0.2, 0.25) is 0 Å². The summed E-state index contributed by atoms with van der Waals surface area (Å²) in [6, 6.07) is 3.73. The lowest BCUT2D eigenvalue weighted by atomic mass is 10.1. The third kappa shape index (κ3) is 4.56. The zero-order valence-electron chi connectivity index (χ0n) is 10.7. The van der Waals surface area contributed by atoms with Crippen molar-refractivity contribution in [1.82, 2.24) is 0 Å². The molecule has 110 valence electrons. The van der Waals surface area contributed by atoms with E-state index in [1.807, 2.05) is 0 Å². The molecule has 0 radical (unpaired) electrons. The Kier molecular flexibility index (Phi) is 5.62. The molecule has 7 heteroatoms. The summed E-state index contributed by atoms with van der Waals surface area (Å²) in [5.41, 5.74) is -0.877. The number of rotatable bonds is 5. The molecule has 0 amide bonds. The average Bonchev–Trinajstić information content (AvgIpc) is 2.36. The normalized spacial score (nSPS) is 11.1. The van der Waals surface area contributed by atoms with Gasteiger partial charge in [-0.15, -0.1) is 0 Å². The summed E-state index contributed by atoms with van der Waals surface area (Å²) in [6.07, 6.45) is -4.49. The lowest BCUT2D eigenvalue weighted by Crippen LogP contribution is -2.17. The molecule has 0 bridgehead atoms. The SMILES string of the molecule is C=C(CNc1ccc(Br)cc1C(F)(F)F)C(=O)OCC. The standard InChI is InChI=1S/C13H13BrF3NO2/c1-3-20-12(19)8(2)7-18-11-5-4-9(14)6-10(11)13(15,16)17/h4-6,18H,2-3,7H2,1H3. The van der Waals surface area contributed by atoms with Gasteiger partial charge < -0.3 is 10.1 Å². The molecule has 0 saturated carbocycles. The Balaban J connectivity index is 2.83. The Hall–Kier alpha value is -1.50. The first kappa shape index (κ1) is 16.6. The smallest absolute Gasteiger partial charge is 0.418 e. The largest absolute Gasteiger partial charge is 0.463 e. The Morgan fingerprint density at radius 1 is 1.45 bits per heavy atom. The summed E-state index contributed by atoms with van der Waals surface area (Å²) in [6.45, 7) is 5.17. The van der Waals surface area contributed by atoms with E-state index in [2.05, 4.69) is 27.8 Å². The van der Waals surface area contributed by atoms with E-state index in [0.717, 1.165) is 6.07 Å². The van der Waals surface area contributed by atoms with E-state index in [-0.39, 0.29) is 24.4 Å². The van der Waals surface area contributed by atoms with E-state index in [4.69, 9.17) is 4.74 Å². The van der Waals surface area contributed by atoms with Gasteiger partial charge in [-0.1, -0.05) is 22.5 Å². The molecule has 0 heterocycles. The molecule has 1 aromatic carbocycles. The molecular formula is C13H13BrF3NO2. The molecule has 0 unspecified atom stereocenters. The van der Waals surface area contributed by atoms with E-state index in [9.17, 15) is 18.0 Å². The Bertz CT molecular complexity index is 515. The van der Waals surface area contributed by atoms with E-state index in [1.54, 1.807) is 6.92 Å². The van der Waals surface area contributed by atoms with Crippen molar-refractivity contribution < 1.29 is 22.7 Å². The lowest BCUT2D eigenvalue weighted by Gasteiger charge is -2.15. The second-order valence-corrected chi connectivity index (χ2v) is 4.78. The van der Waals surface area contributed by atoms with Gasteiger partial charge in [0.2, 0.25) is 0 Å². The van der Waals surface area contributed by atoms with Crippen LogP contribution in [0.5, 0.6) is 0 Å². The molecule has 0 spiro atoms. The number of hydrogen-bond acceptors (Lipinski definition) is 3. The fourth-order valence-electron chi connectivity index (χ4n) is 1.41. The van der Waals surface area contributed by atoms with Crippen LogP contribution in [0.15, 0.2) is 34.8 Å². The molecule has 0 saturated heterocycles. The minimum atomic E-state index is -4.49. The van der Waals surface area contributed by atoms with Gasteiger partial charge >= 0.3 is 12.1 Å². The summed E-state index contributed by atoms with van der Waals surface area (Å²) in [5.74, 6) is -0.634. The number of carbonyl (C=O) groups is 1. The monoisotopic (exact) mass is 351 g/mol.